The van der Waals surface area contributed by atoms with Crippen LogP contribution in [-0.2, 0) is 22.9 Å². The second kappa shape index (κ2) is 10.7. The molecule has 4 rings (SSSR count). The minimum atomic E-state index is -3.55. The van der Waals surface area contributed by atoms with E-state index in [2.05, 4.69) is 32.9 Å². The quantitative estimate of drug-likeness (QED) is 0.290. The van der Waals surface area contributed by atoms with Crippen LogP contribution in [0.4, 0.5) is 0 Å². The SMILES string of the molecule is CC(C)=CC(C[C@@]1(C)CCc2c(C)c(OCc3ccccc3)c(C)c(C)c2O1)S(=O)(=O)c1ccccc1. The lowest BCUT2D eigenvalue weighted by Crippen LogP contribution is -2.41. The average molecular weight is 519 g/mol. The molecule has 0 saturated heterocycles. The van der Waals surface area contributed by atoms with E-state index < -0.39 is 20.7 Å². The van der Waals surface area contributed by atoms with E-state index in [4.69, 9.17) is 9.47 Å². The summed E-state index contributed by atoms with van der Waals surface area (Å²) in [6.07, 6.45) is 3.81. The van der Waals surface area contributed by atoms with Crippen LogP contribution in [0.25, 0.3) is 0 Å². The molecule has 0 radical (unpaired) electrons. The van der Waals surface area contributed by atoms with Gasteiger partial charge in [-0.15, -0.1) is 0 Å². The Kier molecular flexibility index (Phi) is 7.84. The second-order valence-corrected chi connectivity index (χ2v) is 12.8. The third-order valence-electron chi connectivity index (χ3n) is 7.41. The van der Waals surface area contributed by atoms with Gasteiger partial charge in [-0.2, -0.15) is 0 Å². The van der Waals surface area contributed by atoms with Crippen LogP contribution in [-0.4, -0.2) is 19.3 Å². The van der Waals surface area contributed by atoms with Crippen molar-refractivity contribution in [2.45, 2.75) is 83.2 Å². The number of allylic oxidation sites excluding steroid dienone is 1. The van der Waals surface area contributed by atoms with Gasteiger partial charge in [-0.25, -0.2) is 8.42 Å². The van der Waals surface area contributed by atoms with Crippen LogP contribution in [0.1, 0.15) is 61.4 Å². The molecule has 5 heteroatoms. The molecule has 37 heavy (non-hydrogen) atoms. The normalized spacial score (nSPS) is 17.9. The van der Waals surface area contributed by atoms with E-state index in [1.807, 2.05) is 51.1 Å². The standard InChI is InChI=1S/C32H38O4S/c1-22(2)19-28(37(33,34)27-15-11-8-12-16-27)20-32(6)18-17-29-25(5)30(23(3)24(4)31(29)36-32)35-21-26-13-9-7-10-14-26/h7-16,19,28H,17-18,20-21H2,1-6H3/t28?,32-/m1/s1. The fraction of sp³-hybridized carbons (Fsp3) is 0.375. The monoisotopic (exact) mass is 518 g/mol. The molecule has 196 valence electrons. The molecule has 0 amide bonds. The third kappa shape index (κ3) is 5.77. The van der Waals surface area contributed by atoms with Crippen molar-refractivity contribution < 1.29 is 17.9 Å². The van der Waals surface area contributed by atoms with E-state index in [1.54, 1.807) is 24.3 Å². The molecule has 0 bridgehead atoms. The lowest BCUT2D eigenvalue weighted by Gasteiger charge is -2.39. The third-order valence-corrected chi connectivity index (χ3v) is 9.44. The first-order valence-electron chi connectivity index (χ1n) is 12.9. The highest BCUT2D eigenvalue weighted by Crippen LogP contribution is 2.45. The lowest BCUT2D eigenvalue weighted by molar-refractivity contribution is 0.0564. The minimum Gasteiger partial charge on any atom is -0.488 e. The number of hydrogen-bond acceptors (Lipinski definition) is 4. The summed E-state index contributed by atoms with van der Waals surface area (Å²) in [5, 5.41) is -0.664. The zero-order chi connectivity index (χ0) is 26.8. The van der Waals surface area contributed by atoms with E-state index in [0.29, 0.717) is 17.9 Å². The zero-order valence-corrected chi connectivity index (χ0v) is 23.6. The van der Waals surface area contributed by atoms with Crippen LogP contribution >= 0.6 is 0 Å². The number of fused-ring (bicyclic) bond motifs is 1. The van der Waals surface area contributed by atoms with Crippen molar-refractivity contribution in [2.24, 2.45) is 0 Å². The Bertz CT molecular complexity index is 1390. The maximum absolute atomic E-state index is 13.6. The van der Waals surface area contributed by atoms with E-state index >= 15 is 0 Å². The Hall–Kier alpha value is -3.05. The molecule has 4 nitrogen and oxygen atoms in total. The molecule has 1 aliphatic rings. The molecule has 0 saturated carbocycles. The van der Waals surface area contributed by atoms with Gasteiger partial charge in [0.25, 0.3) is 0 Å². The summed E-state index contributed by atoms with van der Waals surface area (Å²) in [6, 6.07) is 18.9. The number of hydrogen-bond donors (Lipinski definition) is 0. The first-order valence-corrected chi connectivity index (χ1v) is 14.5. The summed E-state index contributed by atoms with van der Waals surface area (Å²) in [7, 11) is -3.55. The molecule has 2 atom stereocenters. The van der Waals surface area contributed by atoms with Gasteiger partial charge < -0.3 is 9.47 Å². The topological polar surface area (TPSA) is 52.6 Å². The van der Waals surface area contributed by atoms with Crippen molar-refractivity contribution in [3.05, 3.63) is 100 Å². The first-order chi connectivity index (χ1) is 17.5. The average Bonchev–Trinajstić information content (AvgIpc) is 2.87. The number of sulfone groups is 1. The Morgan fingerprint density at radius 1 is 0.973 bits per heavy atom. The maximum atomic E-state index is 13.6. The van der Waals surface area contributed by atoms with Gasteiger partial charge in [-0.1, -0.05) is 60.2 Å². The summed E-state index contributed by atoms with van der Waals surface area (Å²) < 4.78 is 40.3. The van der Waals surface area contributed by atoms with E-state index in [-0.39, 0.29) is 0 Å². The van der Waals surface area contributed by atoms with Crippen LogP contribution in [0.3, 0.4) is 0 Å². The molecular formula is C32H38O4S. The first kappa shape index (κ1) is 27.0. The maximum Gasteiger partial charge on any atom is 0.184 e. The second-order valence-electron chi connectivity index (χ2n) is 10.7. The molecule has 1 aliphatic heterocycles. The smallest absolute Gasteiger partial charge is 0.184 e. The Balaban J connectivity index is 1.63. The highest BCUT2D eigenvalue weighted by molar-refractivity contribution is 7.92. The summed E-state index contributed by atoms with van der Waals surface area (Å²) in [4.78, 5) is 0.348. The van der Waals surface area contributed by atoms with E-state index in [1.165, 1.54) is 0 Å². The summed E-state index contributed by atoms with van der Waals surface area (Å²) in [5.74, 6) is 1.80. The van der Waals surface area contributed by atoms with Crippen LogP contribution < -0.4 is 9.47 Å². The van der Waals surface area contributed by atoms with Gasteiger partial charge in [0.05, 0.1) is 10.1 Å². The van der Waals surface area contributed by atoms with Gasteiger partial charge in [0, 0.05) is 12.0 Å². The fourth-order valence-corrected chi connectivity index (χ4v) is 7.12. The molecule has 0 aromatic heterocycles. The molecule has 0 spiro atoms. The molecule has 0 fully saturated rings. The van der Waals surface area contributed by atoms with Crippen molar-refractivity contribution in [3.8, 4) is 11.5 Å². The summed E-state index contributed by atoms with van der Waals surface area (Å²) >= 11 is 0. The predicted molar refractivity (Wildman–Crippen MR) is 150 cm³/mol. The Morgan fingerprint density at radius 2 is 1.59 bits per heavy atom. The zero-order valence-electron chi connectivity index (χ0n) is 22.8. The largest absolute Gasteiger partial charge is 0.488 e. The molecule has 1 unspecified atom stereocenters. The minimum absolute atomic E-state index is 0.348. The van der Waals surface area contributed by atoms with Crippen molar-refractivity contribution in [3.63, 3.8) is 0 Å². The van der Waals surface area contributed by atoms with E-state index in [0.717, 1.165) is 57.7 Å². The lowest BCUT2D eigenvalue weighted by atomic mass is 9.84. The highest BCUT2D eigenvalue weighted by atomic mass is 32.2. The highest BCUT2D eigenvalue weighted by Gasteiger charge is 2.40. The molecule has 0 aliphatic carbocycles. The van der Waals surface area contributed by atoms with Gasteiger partial charge in [0.15, 0.2) is 9.84 Å². The van der Waals surface area contributed by atoms with Crippen LogP contribution in [0, 0.1) is 20.8 Å². The van der Waals surface area contributed by atoms with E-state index in [9.17, 15) is 8.42 Å². The van der Waals surface area contributed by atoms with Crippen molar-refractivity contribution >= 4 is 9.84 Å². The van der Waals surface area contributed by atoms with Gasteiger partial charge >= 0.3 is 0 Å². The van der Waals surface area contributed by atoms with Gasteiger partial charge in [0.2, 0.25) is 0 Å². The molecule has 3 aromatic carbocycles. The predicted octanol–water partition coefficient (Wildman–Crippen LogP) is 7.47. The van der Waals surface area contributed by atoms with Gasteiger partial charge in [0.1, 0.15) is 23.7 Å². The molecule has 1 heterocycles. The summed E-state index contributed by atoms with van der Waals surface area (Å²) in [5.41, 5.74) is 5.88. The number of benzene rings is 3. The van der Waals surface area contributed by atoms with Gasteiger partial charge in [-0.05, 0) is 88.8 Å². The number of ether oxygens (including phenoxy) is 2. The van der Waals surface area contributed by atoms with Gasteiger partial charge in [-0.3, -0.25) is 0 Å². The fourth-order valence-electron chi connectivity index (χ4n) is 5.21. The number of rotatable bonds is 8. The van der Waals surface area contributed by atoms with Crippen molar-refractivity contribution in [1.82, 2.24) is 0 Å². The van der Waals surface area contributed by atoms with Crippen molar-refractivity contribution in [2.75, 3.05) is 0 Å². The van der Waals surface area contributed by atoms with Crippen molar-refractivity contribution in [1.29, 1.82) is 0 Å². The summed E-state index contributed by atoms with van der Waals surface area (Å²) in [6.45, 7) is 12.7. The van der Waals surface area contributed by atoms with Crippen LogP contribution in [0.2, 0.25) is 0 Å². The van der Waals surface area contributed by atoms with Crippen LogP contribution in [0.5, 0.6) is 11.5 Å². The Labute approximate surface area is 222 Å². The van der Waals surface area contributed by atoms with Crippen LogP contribution in [0.15, 0.2) is 77.2 Å². The Morgan fingerprint density at radius 3 is 2.22 bits per heavy atom. The molecule has 0 N–H and O–H groups in total. The molecular weight excluding hydrogens is 480 g/mol. The molecule has 3 aromatic rings.